The van der Waals surface area contributed by atoms with E-state index in [4.69, 9.17) is 10.5 Å². The summed E-state index contributed by atoms with van der Waals surface area (Å²) in [5.41, 5.74) is 5.75. The zero-order valence-corrected chi connectivity index (χ0v) is 18.4. The molecule has 0 saturated heterocycles. The summed E-state index contributed by atoms with van der Waals surface area (Å²) >= 11 is 0. The van der Waals surface area contributed by atoms with Crippen LogP contribution in [0.15, 0.2) is 0 Å². The van der Waals surface area contributed by atoms with Gasteiger partial charge >= 0.3 is 5.97 Å². The van der Waals surface area contributed by atoms with Crippen molar-refractivity contribution in [2.24, 2.45) is 17.6 Å². The topological polar surface area (TPSA) is 151 Å². The minimum absolute atomic E-state index is 0.0368. The molecule has 0 aromatic rings. The first kappa shape index (κ1) is 26.8. The SMILES string of the molecule is CC(=O)N(C)C(C(=O)NC(N)C(=O)NC(CC(C)C)C(=O)O)C(C)OCC(C)C. The van der Waals surface area contributed by atoms with Crippen LogP contribution in [-0.2, 0) is 23.9 Å². The molecule has 5 N–H and O–H groups in total. The first-order chi connectivity index (χ1) is 13.3. The molecule has 10 nitrogen and oxygen atoms in total. The average Bonchev–Trinajstić information content (AvgIpc) is 2.58. The maximum atomic E-state index is 12.7. The highest BCUT2D eigenvalue weighted by atomic mass is 16.5. The van der Waals surface area contributed by atoms with Gasteiger partial charge in [-0.25, -0.2) is 4.79 Å². The third kappa shape index (κ3) is 9.71. The number of hydrogen-bond acceptors (Lipinski definition) is 6. The Hall–Kier alpha value is -2.20. The molecule has 0 aliphatic rings. The molecule has 0 aromatic heterocycles. The Bertz CT molecular complexity index is 581. The molecular formula is C19H36N4O6. The number of rotatable bonds is 12. The number of amides is 3. The second-order valence-electron chi connectivity index (χ2n) is 8.02. The van der Waals surface area contributed by atoms with Crippen molar-refractivity contribution >= 4 is 23.7 Å². The van der Waals surface area contributed by atoms with Gasteiger partial charge in [-0.3, -0.25) is 14.4 Å². The van der Waals surface area contributed by atoms with E-state index in [1.807, 2.05) is 27.7 Å². The van der Waals surface area contributed by atoms with Gasteiger partial charge in [0.05, 0.1) is 6.10 Å². The summed E-state index contributed by atoms with van der Waals surface area (Å²) in [6.45, 7) is 10.9. The molecule has 168 valence electrons. The number of aliphatic carboxylic acids is 1. The highest BCUT2D eigenvalue weighted by molar-refractivity contribution is 5.93. The van der Waals surface area contributed by atoms with Crippen LogP contribution in [0.25, 0.3) is 0 Å². The number of nitrogens with two attached hydrogens (primary N) is 1. The molecule has 0 aliphatic heterocycles. The summed E-state index contributed by atoms with van der Waals surface area (Å²) in [7, 11) is 1.45. The molecule has 0 saturated carbocycles. The standard InChI is InChI=1S/C19H36N4O6/c1-10(2)8-14(19(27)28)21-18(26)16(20)22-17(25)15(23(7)13(6)24)12(5)29-9-11(3)4/h10-12,14-16H,8-9,20H2,1-7H3,(H,21,26)(H,22,25)(H,27,28). The molecule has 0 spiro atoms. The molecule has 4 atom stereocenters. The van der Waals surface area contributed by atoms with Crippen molar-refractivity contribution in [2.75, 3.05) is 13.7 Å². The monoisotopic (exact) mass is 416 g/mol. The molecule has 3 amide bonds. The predicted molar refractivity (Wildman–Crippen MR) is 108 cm³/mol. The third-order valence-electron chi connectivity index (χ3n) is 4.22. The van der Waals surface area contributed by atoms with Gasteiger partial charge in [0.15, 0.2) is 6.17 Å². The summed E-state index contributed by atoms with van der Waals surface area (Å²) < 4.78 is 5.67. The Labute approximate surface area is 172 Å². The van der Waals surface area contributed by atoms with E-state index in [1.54, 1.807) is 6.92 Å². The first-order valence-corrected chi connectivity index (χ1v) is 9.72. The normalized spacial score (nSPS) is 15.4. The maximum Gasteiger partial charge on any atom is 0.326 e. The lowest BCUT2D eigenvalue weighted by Gasteiger charge is -2.32. The zero-order chi connectivity index (χ0) is 22.9. The summed E-state index contributed by atoms with van der Waals surface area (Å²) in [4.78, 5) is 49.3. The number of carboxylic acid groups (broad SMARTS) is 1. The Morgan fingerprint density at radius 2 is 1.55 bits per heavy atom. The van der Waals surface area contributed by atoms with Crippen molar-refractivity contribution in [3.05, 3.63) is 0 Å². The van der Waals surface area contributed by atoms with Gasteiger partial charge in [0.2, 0.25) is 11.8 Å². The Morgan fingerprint density at radius 3 is 1.97 bits per heavy atom. The largest absolute Gasteiger partial charge is 0.480 e. The fourth-order valence-corrected chi connectivity index (χ4v) is 2.59. The number of nitrogens with zero attached hydrogens (tertiary/aromatic N) is 1. The minimum atomic E-state index is -1.48. The van der Waals surface area contributed by atoms with Crippen LogP contribution in [0.3, 0.4) is 0 Å². The van der Waals surface area contributed by atoms with E-state index in [0.717, 1.165) is 0 Å². The molecule has 0 bridgehead atoms. The van der Waals surface area contributed by atoms with E-state index >= 15 is 0 Å². The number of ether oxygens (including phenoxy) is 1. The smallest absolute Gasteiger partial charge is 0.326 e. The number of hydrogen-bond donors (Lipinski definition) is 4. The summed E-state index contributed by atoms with van der Waals surface area (Å²) in [6.07, 6.45) is -1.90. The van der Waals surface area contributed by atoms with E-state index < -0.39 is 42.1 Å². The van der Waals surface area contributed by atoms with E-state index in [1.165, 1.54) is 18.9 Å². The third-order valence-corrected chi connectivity index (χ3v) is 4.22. The van der Waals surface area contributed by atoms with Crippen LogP contribution in [0, 0.1) is 11.8 Å². The van der Waals surface area contributed by atoms with E-state index in [-0.39, 0.29) is 24.2 Å². The molecule has 0 heterocycles. The van der Waals surface area contributed by atoms with Crippen molar-refractivity contribution in [1.29, 1.82) is 0 Å². The second kappa shape index (κ2) is 12.4. The molecule has 29 heavy (non-hydrogen) atoms. The molecule has 0 aromatic carbocycles. The van der Waals surface area contributed by atoms with Crippen LogP contribution in [0.1, 0.15) is 48.0 Å². The summed E-state index contributed by atoms with van der Waals surface area (Å²) in [6, 6.07) is -2.12. The van der Waals surface area contributed by atoms with Crippen molar-refractivity contribution in [3.63, 3.8) is 0 Å². The second-order valence-corrected chi connectivity index (χ2v) is 8.02. The fourth-order valence-electron chi connectivity index (χ4n) is 2.59. The van der Waals surface area contributed by atoms with E-state index in [9.17, 15) is 24.3 Å². The van der Waals surface area contributed by atoms with Crippen LogP contribution in [0.2, 0.25) is 0 Å². The first-order valence-electron chi connectivity index (χ1n) is 9.72. The summed E-state index contributed by atoms with van der Waals surface area (Å²) in [5.74, 6) is -2.77. The maximum absolute atomic E-state index is 12.7. The van der Waals surface area contributed by atoms with Crippen LogP contribution in [0.4, 0.5) is 0 Å². The lowest BCUT2D eigenvalue weighted by Crippen LogP contribution is -2.61. The average molecular weight is 417 g/mol. The lowest BCUT2D eigenvalue weighted by molar-refractivity contribution is -0.145. The minimum Gasteiger partial charge on any atom is -0.480 e. The van der Waals surface area contributed by atoms with Gasteiger partial charge in [-0.1, -0.05) is 27.7 Å². The van der Waals surface area contributed by atoms with Crippen molar-refractivity contribution in [3.8, 4) is 0 Å². The molecule has 0 radical (unpaired) electrons. The number of carbonyl (C=O) groups excluding carboxylic acids is 3. The predicted octanol–water partition coefficient (Wildman–Crippen LogP) is -0.0891. The van der Waals surface area contributed by atoms with Crippen LogP contribution >= 0.6 is 0 Å². The van der Waals surface area contributed by atoms with Gasteiger partial charge in [0.1, 0.15) is 12.1 Å². The highest BCUT2D eigenvalue weighted by Gasteiger charge is 2.34. The van der Waals surface area contributed by atoms with Crippen molar-refractivity contribution < 1.29 is 29.0 Å². The quantitative estimate of drug-likeness (QED) is 0.325. The molecular weight excluding hydrogens is 380 g/mol. The lowest BCUT2D eigenvalue weighted by atomic mass is 10.0. The van der Waals surface area contributed by atoms with Gasteiger partial charge in [-0.15, -0.1) is 0 Å². The van der Waals surface area contributed by atoms with Crippen LogP contribution < -0.4 is 16.4 Å². The molecule has 10 heteroatoms. The molecule has 0 aliphatic carbocycles. The van der Waals surface area contributed by atoms with Gasteiger partial charge < -0.3 is 31.1 Å². The Balaban J connectivity index is 5.19. The fraction of sp³-hybridized carbons (Fsp3) is 0.789. The van der Waals surface area contributed by atoms with Crippen molar-refractivity contribution in [1.82, 2.24) is 15.5 Å². The van der Waals surface area contributed by atoms with Crippen molar-refractivity contribution in [2.45, 2.75) is 72.3 Å². The summed E-state index contributed by atoms with van der Waals surface area (Å²) in [5, 5.41) is 13.9. The number of nitrogens with one attached hydrogen (secondary N) is 2. The Kier molecular flexibility index (Phi) is 11.4. The number of likely N-dealkylation sites (N-methyl/N-ethyl adjacent to an activating group) is 1. The number of carboxylic acids is 1. The molecule has 0 fully saturated rings. The van der Waals surface area contributed by atoms with Gasteiger partial charge in [0.25, 0.3) is 5.91 Å². The van der Waals surface area contributed by atoms with Gasteiger partial charge in [0, 0.05) is 20.6 Å². The van der Waals surface area contributed by atoms with Crippen LogP contribution in [-0.4, -0.2) is 71.7 Å². The molecule has 0 rings (SSSR count). The highest BCUT2D eigenvalue weighted by Crippen LogP contribution is 2.10. The van der Waals surface area contributed by atoms with Gasteiger partial charge in [-0.05, 0) is 25.2 Å². The Morgan fingerprint density at radius 1 is 1.00 bits per heavy atom. The van der Waals surface area contributed by atoms with Crippen LogP contribution in [0.5, 0.6) is 0 Å². The van der Waals surface area contributed by atoms with E-state index in [0.29, 0.717) is 6.61 Å². The molecule has 4 unspecified atom stereocenters. The number of carbonyl (C=O) groups is 4. The van der Waals surface area contributed by atoms with Gasteiger partial charge in [-0.2, -0.15) is 0 Å². The van der Waals surface area contributed by atoms with E-state index in [2.05, 4.69) is 10.6 Å². The zero-order valence-electron chi connectivity index (χ0n) is 18.4.